The van der Waals surface area contributed by atoms with Gasteiger partial charge < -0.3 is 10.0 Å². The molecule has 1 N–H and O–H groups in total. The van der Waals surface area contributed by atoms with Crippen molar-refractivity contribution in [3.8, 4) is 0 Å². The van der Waals surface area contributed by atoms with Gasteiger partial charge in [0.1, 0.15) is 10.6 Å². The lowest BCUT2D eigenvalue weighted by Crippen LogP contribution is -2.27. The number of nitrogens with zero attached hydrogens (tertiary/aromatic N) is 2. The Hall–Kier alpha value is -1.92. The van der Waals surface area contributed by atoms with Gasteiger partial charge in [0.15, 0.2) is 0 Å². The SMILES string of the molecule is Cc1cc(C(=O)N(C)c2snc(C)c2C(=O)O)ccc1Cl. The molecule has 0 saturated heterocycles. The van der Waals surface area contributed by atoms with Crippen molar-refractivity contribution in [2.45, 2.75) is 13.8 Å². The average molecular weight is 325 g/mol. The molecule has 2 aromatic rings. The summed E-state index contributed by atoms with van der Waals surface area (Å²) in [5, 5.41) is 10.1. The number of aromatic carboxylic acids is 1. The molecule has 2 rings (SSSR count). The Balaban J connectivity index is 2.40. The van der Waals surface area contributed by atoms with Crippen molar-refractivity contribution in [2.75, 3.05) is 11.9 Å². The van der Waals surface area contributed by atoms with E-state index in [2.05, 4.69) is 4.37 Å². The second-order valence-electron chi connectivity index (χ2n) is 4.58. The Kier molecular flexibility index (Phi) is 4.29. The Morgan fingerprint density at radius 1 is 1.33 bits per heavy atom. The van der Waals surface area contributed by atoms with Gasteiger partial charge in [-0.25, -0.2) is 4.79 Å². The van der Waals surface area contributed by atoms with Crippen molar-refractivity contribution < 1.29 is 14.7 Å². The minimum absolute atomic E-state index is 0.0570. The zero-order valence-electron chi connectivity index (χ0n) is 11.7. The molecule has 0 unspecified atom stereocenters. The summed E-state index contributed by atoms with van der Waals surface area (Å²) >= 11 is 6.93. The van der Waals surface area contributed by atoms with Crippen molar-refractivity contribution in [1.82, 2.24) is 4.37 Å². The van der Waals surface area contributed by atoms with Gasteiger partial charge in [-0.3, -0.25) is 4.79 Å². The van der Waals surface area contributed by atoms with E-state index in [1.54, 1.807) is 32.0 Å². The highest BCUT2D eigenvalue weighted by Gasteiger charge is 2.24. The van der Waals surface area contributed by atoms with Crippen LogP contribution < -0.4 is 4.90 Å². The zero-order valence-corrected chi connectivity index (χ0v) is 13.2. The van der Waals surface area contributed by atoms with Crippen LogP contribution in [0.1, 0.15) is 32.0 Å². The van der Waals surface area contributed by atoms with E-state index in [1.165, 1.54) is 11.9 Å². The number of benzene rings is 1. The van der Waals surface area contributed by atoms with Crippen LogP contribution in [-0.2, 0) is 0 Å². The highest BCUT2D eigenvalue weighted by molar-refractivity contribution is 7.11. The van der Waals surface area contributed by atoms with E-state index in [0.29, 0.717) is 21.3 Å². The van der Waals surface area contributed by atoms with Crippen molar-refractivity contribution in [3.05, 3.63) is 45.6 Å². The highest BCUT2D eigenvalue weighted by atomic mass is 35.5. The summed E-state index contributed by atoms with van der Waals surface area (Å²) in [6.07, 6.45) is 0. The summed E-state index contributed by atoms with van der Waals surface area (Å²) in [7, 11) is 1.53. The Morgan fingerprint density at radius 2 is 2.00 bits per heavy atom. The standard InChI is InChI=1S/C14H13ClN2O3S/c1-7-6-9(4-5-10(7)15)12(18)17(3)13-11(14(19)20)8(2)16-21-13/h4-6H,1-3H3,(H,19,20). The van der Waals surface area contributed by atoms with Gasteiger partial charge in [0.2, 0.25) is 0 Å². The van der Waals surface area contributed by atoms with E-state index in [0.717, 1.165) is 17.1 Å². The summed E-state index contributed by atoms with van der Waals surface area (Å²) < 4.78 is 4.01. The summed E-state index contributed by atoms with van der Waals surface area (Å²) in [4.78, 5) is 25.0. The molecule has 0 aliphatic rings. The molecule has 0 fully saturated rings. The monoisotopic (exact) mass is 324 g/mol. The minimum Gasteiger partial charge on any atom is -0.478 e. The van der Waals surface area contributed by atoms with Crippen molar-refractivity contribution in [3.63, 3.8) is 0 Å². The van der Waals surface area contributed by atoms with Gasteiger partial charge in [0, 0.05) is 17.6 Å². The average Bonchev–Trinajstić information content (AvgIpc) is 2.82. The van der Waals surface area contributed by atoms with E-state index in [9.17, 15) is 14.7 Å². The van der Waals surface area contributed by atoms with Crippen molar-refractivity contribution in [2.24, 2.45) is 0 Å². The summed E-state index contributed by atoms with van der Waals surface area (Å²) in [6, 6.07) is 4.94. The first-order valence-corrected chi connectivity index (χ1v) is 7.21. The molecule has 0 saturated carbocycles. The van der Waals surface area contributed by atoms with Crippen LogP contribution in [0.2, 0.25) is 5.02 Å². The van der Waals surface area contributed by atoms with Crippen LogP contribution in [0.4, 0.5) is 5.00 Å². The van der Waals surface area contributed by atoms with Crippen LogP contribution in [0.15, 0.2) is 18.2 Å². The number of halogens is 1. The molecular weight excluding hydrogens is 312 g/mol. The van der Waals surface area contributed by atoms with Crippen LogP contribution in [0.5, 0.6) is 0 Å². The Labute approximate surface area is 130 Å². The number of aryl methyl sites for hydroxylation is 2. The van der Waals surface area contributed by atoms with E-state index in [4.69, 9.17) is 11.6 Å². The number of amides is 1. The molecular formula is C14H13ClN2O3S. The molecule has 0 atom stereocenters. The first kappa shape index (κ1) is 15.5. The maximum Gasteiger partial charge on any atom is 0.340 e. The summed E-state index contributed by atoms with van der Waals surface area (Å²) in [6.45, 7) is 3.41. The lowest BCUT2D eigenvalue weighted by Gasteiger charge is -2.16. The first-order chi connectivity index (χ1) is 9.82. The van der Waals surface area contributed by atoms with Crippen LogP contribution >= 0.6 is 23.1 Å². The number of rotatable bonds is 3. The van der Waals surface area contributed by atoms with Gasteiger partial charge >= 0.3 is 5.97 Å². The largest absolute Gasteiger partial charge is 0.478 e. The van der Waals surface area contributed by atoms with Crippen molar-refractivity contribution in [1.29, 1.82) is 0 Å². The molecule has 7 heteroatoms. The van der Waals surface area contributed by atoms with Crippen LogP contribution in [-0.4, -0.2) is 28.4 Å². The third-order valence-corrected chi connectivity index (χ3v) is 4.51. The number of carboxylic acids is 1. The molecule has 1 amide bonds. The van der Waals surface area contributed by atoms with E-state index in [-0.39, 0.29) is 11.5 Å². The van der Waals surface area contributed by atoms with Gasteiger partial charge in [-0.2, -0.15) is 4.37 Å². The summed E-state index contributed by atoms with van der Waals surface area (Å²) in [5.41, 5.74) is 1.69. The fourth-order valence-electron chi connectivity index (χ4n) is 1.90. The second-order valence-corrected chi connectivity index (χ2v) is 5.74. The second kappa shape index (κ2) is 5.83. The molecule has 0 radical (unpaired) electrons. The highest BCUT2D eigenvalue weighted by Crippen LogP contribution is 2.29. The minimum atomic E-state index is -1.09. The predicted molar refractivity (Wildman–Crippen MR) is 82.7 cm³/mol. The van der Waals surface area contributed by atoms with Gasteiger partial charge in [0.05, 0.1) is 5.69 Å². The van der Waals surface area contributed by atoms with E-state index in [1.807, 2.05) is 0 Å². The molecule has 0 spiro atoms. The molecule has 1 aromatic carbocycles. The number of hydrogen-bond acceptors (Lipinski definition) is 4. The van der Waals surface area contributed by atoms with Crippen LogP contribution in [0.25, 0.3) is 0 Å². The number of aromatic nitrogens is 1. The lowest BCUT2D eigenvalue weighted by atomic mass is 10.1. The Morgan fingerprint density at radius 3 is 2.57 bits per heavy atom. The smallest absolute Gasteiger partial charge is 0.340 e. The van der Waals surface area contributed by atoms with Gasteiger partial charge in [-0.15, -0.1) is 0 Å². The fourth-order valence-corrected chi connectivity index (χ4v) is 2.86. The third-order valence-electron chi connectivity index (χ3n) is 3.07. The number of carboxylic acid groups (broad SMARTS) is 1. The third kappa shape index (κ3) is 2.91. The molecule has 1 aromatic heterocycles. The maximum absolute atomic E-state index is 12.5. The van der Waals surface area contributed by atoms with Crippen molar-refractivity contribution >= 4 is 40.0 Å². The van der Waals surface area contributed by atoms with E-state index >= 15 is 0 Å². The number of hydrogen-bond donors (Lipinski definition) is 1. The molecule has 0 aliphatic heterocycles. The van der Waals surface area contributed by atoms with Gasteiger partial charge in [0.25, 0.3) is 5.91 Å². The lowest BCUT2D eigenvalue weighted by molar-refractivity contribution is 0.0697. The molecule has 21 heavy (non-hydrogen) atoms. The van der Waals surface area contributed by atoms with Gasteiger partial charge in [-0.05, 0) is 49.1 Å². The van der Waals surface area contributed by atoms with E-state index < -0.39 is 5.97 Å². The molecule has 5 nitrogen and oxygen atoms in total. The molecule has 110 valence electrons. The fraction of sp³-hybridized carbons (Fsp3) is 0.214. The molecule has 0 bridgehead atoms. The number of carbonyl (C=O) groups is 2. The van der Waals surface area contributed by atoms with Gasteiger partial charge in [-0.1, -0.05) is 11.6 Å². The number of anilines is 1. The normalized spacial score (nSPS) is 10.5. The summed E-state index contributed by atoms with van der Waals surface area (Å²) in [5.74, 6) is -1.40. The van der Waals surface area contributed by atoms with Crippen LogP contribution in [0.3, 0.4) is 0 Å². The predicted octanol–water partition coefficient (Wildman–Crippen LogP) is 3.39. The van der Waals surface area contributed by atoms with Crippen LogP contribution in [0, 0.1) is 13.8 Å². The first-order valence-electron chi connectivity index (χ1n) is 6.06. The maximum atomic E-state index is 12.5. The molecule has 1 heterocycles. The topological polar surface area (TPSA) is 70.5 Å². The zero-order chi connectivity index (χ0) is 15.7. The Bertz CT molecular complexity index is 727. The quantitative estimate of drug-likeness (QED) is 0.939. The number of carbonyl (C=O) groups excluding carboxylic acids is 1. The molecule has 0 aliphatic carbocycles.